The van der Waals surface area contributed by atoms with Gasteiger partial charge in [-0.3, -0.25) is 9.78 Å². The van der Waals surface area contributed by atoms with Crippen LogP contribution in [0.15, 0.2) is 83.9 Å². The molecule has 0 fully saturated rings. The highest BCUT2D eigenvalue weighted by Gasteiger charge is 2.26. The minimum absolute atomic E-state index is 0.116. The predicted molar refractivity (Wildman–Crippen MR) is 107 cm³/mol. The Bertz CT molecular complexity index is 1040. The van der Waals surface area contributed by atoms with Gasteiger partial charge in [-0.25, -0.2) is 12.8 Å². The van der Waals surface area contributed by atoms with Crippen molar-refractivity contribution in [3.8, 4) is 0 Å². The van der Waals surface area contributed by atoms with Crippen molar-refractivity contribution in [3.63, 3.8) is 0 Å². The Morgan fingerprint density at radius 3 is 2.31 bits per heavy atom. The van der Waals surface area contributed by atoms with Crippen molar-refractivity contribution < 1.29 is 17.6 Å². The molecule has 0 aliphatic rings. The van der Waals surface area contributed by atoms with Crippen LogP contribution in [0.4, 0.5) is 4.39 Å². The zero-order valence-corrected chi connectivity index (χ0v) is 16.3. The minimum Gasteiger partial charge on any atom is -0.349 e. The molecule has 1 unspecified atom stereocenters. The van der Waals surface area contributed by atoms with Crippen LogP contribution >= 0.6 is 0 Å². The number of nitrogens with zero attached hydrogens (tertiary/aromatic N) is 1. The van der Waals surface area contributed by atoms with E-state index in [2.05, 4.69) is 15.0 Å². The Hall–Kier alpha value is -3.10. The molecule has 1 amide bonds. The molecule has 0 aliphatic carbocycles. The molecule has 2 aromatic carbocycles. The van der Waals surface area contributed by atoms with Crippen molar-refractivity contribution in [2.24, 2.45) is 0 Å². The van der Waals surface area contributed by atoms with E-state index in [1.54, 1.807) is 24.4 Å². The lowest BCUT2D eigenvalue weighted by molar-refractivity contribution is -0.122. The molecule has 1 heterocycles. The summed E-state index contributed by atoms with van der Waals surface area (Å²) in [6.45, 7) is 0.170. The highest BCUT2D eigenvalue weighted by Crippen LogP contribution is 2.12. The zero-order valence-electron chi connectivity index (χ0n) is 15.5. The van der Waals surface area contributed by atoms with Crippen molar-refractivity contribution in [3.05, 3.63) is 96.1 Å². The summed E-state index contributed by atoms with van der Waals surface area (Å²) in [5.41, 5.74) is 1.45. The highest BCUT2D eigenvalue weighted by atomic mass is 32.2. The van der Waals surface area contributed by atoms with Gasteiger partial charge in [0.15, 0.2) is 0 Å². The Balaban J connectivity index is 1.78. The number of aromatic nitrogens is 1. The lowest BCUT2D eigenvalue weighted by atomic mass is 10.1. The maximum absolute atomic E-state index is 13.1. The maximum Gasteiger partial charge on any atom is 0.241 e. The third kappa shape index (κ3) is 5.94. The van der Waals surface area contributed by atoms with E-state index >= 15 is 0 Å². The van der Waals surface area contributed by atoms with E-state index in [4.69, 9.17) is 0 Å². The molecule has 1 aromatic heterocycles. The van der Waals surface area contributed by atoms with E-state index in [0.717, 1.165) is 29.8 Å². The summed E-state index contributed by atoms with van der Waals surface area (Å²) in [4.78, 5) is 16.8. The first-order chi connectivity index (χ1) is 13.9. The predicted octanol–water partition coefficient (Wildman–Crippen LogP) is 2.43. The highest BCUT2D eigenvalue weighted by molar-refractivity contribution is 7.89. The van der Waals surface area contributed by atoms with Gasteiger partial charge in [-0.1, -0.05) is 36.4 Å². The molecule has 1 atom stereocenters. The van der Waals surface area contributed by atoms with Gasteiger partial charge >= 0.3 is 0 Å². The molecule has 3 aromatic rings. The van der Waals surface area contributed by atoms with Gasteiger partial charge in [-0.2, -0.15) is 4.72 Å². The van der Waals surface area contributed by atoms with Crippen LogP contribution < -0.4 is 10.0 Å². The van der Waals surface area contributed by atoms with E-state index in [1.807, 2.05) is 30.3 Å². The molecule has 8 heteroatoms. The van der Waals surface area contributed by atoms with Crippen LogP contribution in [0.2, 0.25) is 0 Å². The van der Waals surface area contributed by atoms with Crippen LogP contribution in [0.5, 0.6) is 0 Å². The Kier molecular flexibility index (Phi) is 6.69. The number of sulfonamides is 1. The van der Waals surface area contributed by atoms with Crippen LogP contribution in [-0.4, -0.2) is 25.4 Å². The van der Waals surface area contributed by atoms with Gasteiger partial charge in [0.1, 0.15) is 11.9 Å². The molecule has 0 saturated carbocycles. The average Bonchev–Trinajstić information content (AvgIpc) is 2.73. The monoisotopic (exact) mass is 413 g/mol. The molecule has 0 bridgehead atoms. The van der Waals surface area contributed by atoms with E-state index in [-0.39, 0.29) is 17.9 Å². The second-order valence-corrected chi connectivity index (χ2v) is 8.07. The molecule has 29 heavy (non-hydrogen) atoms. The van der Waals surface area contributed by atoms with Gasteiger partial charge in [0.2, 0.25) is 15.9 Å². The van der Waals surface area contributed by atoms with Gasteiger partial charge < -0.3 is 5.32 Å². The number of carbonyl (C=O) groups is 1. The zero-order chi connectivity index (χ0) is 20.7. The summed E-state index contributed by atoms with van der Waals surface area (Å²) >= 11 is 0. The molecule has 150 valence electrons. The second-order valence-electron chi connectivity index (χ2n) is 6.36. The number of pyridine rings is 1. The third-order valence-electron chi connectivity index (χ3n) is 4.19. The first-order valence-electron chi connectivity index (χ1n) is 8.93. The molecule has 6 nitrogen and oxygen atoms in total. The number of nitrogens with one attached hydrogen (secondary N) is 2. The van der Waals surface area contributed by atoms with Crippen LogP contribution in [0.25, 0.3) is 0 Å². The molecule has 0 radical (unpaired) electrons. The van der Waals surface area contributed by atoms with Crippen molar-refractivity contribution in [2.45, 2.75) is 23.9 Å². The fourth-order valence-electron chi connectivity index (χ4n) is 2.71. The van der Waals surface area contributed by atoms with Crippen LogP contribution in [0.1, 0.15) is 11.3 Å². The molecule has 0 saturated heterocycles. The average molecular weight is 413 g/mol. The number of benzene rings is 2. The fourth-order valence-corrected chi connectivity index (χ4v) is 3.91. The molecule has 0 aliphatic heterocycles. The summed E-state index contributed by atoms with van der Waals surface area (Å²) in [6.07, 6.45) is 1.77. The first-order valence-corrected chi connectivity index (χ1v) is 10.4. The summed E-state index contributed by atoms with van der Waals surface area (Å²) in [5.74, 6) is -1.02. The van der Waals surface area contributed by atoms with Gasteiger partial charge in [-0.15, -0.1) is 0 Å². The van der Waals surface area contributed by atoms with Crippen LogP contribution in [0, 0.1) is 5.82 Å². The van der Waals surface area contributed by atoms with E-state index < -0.39 is 27.8 Å². The molecular formula is C21H20FN3O3S. The summed E-state index contributed by atoms with van der Waals surface area (Å²) in [6, 6.07) is 17.8. The number of hydrogen-bond acceptors (Lipinski definition) is 4. The Morgan fingerprint density at radius 1 is 0.966 bits per heavy atom. The molecular weight excluding hydrogens is 393 g/mol. The van der Waals surface area contributed by atoms with Gasteiger partial charge in [0.05, 0.1) is 17.1 Å². The minimum atomic E-state index is -4.02. The Labute approximate surface area is 168 Å². The van der Waals surface area contributed by atoms with Crippen LogP contribution in [-0.2, 0) is 27.8 Å². The van der Waals surface area contributed by atoms with E-state index in [9.17, 15) is 17.6 Å². The first kappa shape index (κ1) is 20.6. The maximum atomic E-state index is 13.1. The molecule has 3 rings (SSSR count). The van der Waals surface area contributed by atoms with E-state index in [1.165, 1.54) is 0 Å². The number of amides is 1. The summed E-state index contributed by atoms with van der Waals surface area (Å²) in [7, 11) is -4.02. The van der Waals surface area contributed by atoms with Gasteiger partial charge in [0.25, 0.3) is 0 Å². The van der Waals surface area contributed by atoms with Crippen molar-refractivity contribution in [1.29, 1.82) is 0 Å². The summed E-state index contributed by atoms with van der Waals surface area (Å²) in [5, 5.41) is 2.71. The standard InChI is InChI=1S/C21H20FN3O3S/c22-17-9-11-19(12-10-17)29(27,28)25-20(14-16-6-2-1-3-7-16)21(26)24-15-18-8-4-5-13-23-18/h1-13,20,25H,14-15H2,(H,24,26). The normalized spacial score (nSPS) is 12.3. The number of halogens is 1. The Morgan fingerprint density at radius 2 is 1.66 bits per heavy atom. The quantitative estimate of drug-likeness (QED) is 0.594. The van der Waals surface area contributed by atoms with Crippen molar-refractivity contribution in [2.75, 3.05) is 0 Å². The van der Waals surface area contributed by atoms with Crippen molar-refractivity contribution in [1.82, 2.24) is 15.0 Å². The largest absolute Gasteiger partial charge is 0.349 e. The van der Waals surface area contributed by atoms with Gasteiger partial charge in [-0.05, 0) is 48.4 Å². The molecule has 2 N–H and O–H groups in total. The third-order valence-corrected chi connectivity index (χ3v) is 5.68. The SMILES string of the molecule is O=C(NCc1ccccn1)C(Cc1ccccc1)NS(=O)(=O)c1ccc(F)cc1. The second kappa shape index (κ2) is 9.40. The van der Waals surface area contributed by atoms with E-state index in [0.29, 0.717) is 5.69 Å². The lowest BCUT2D eigenvalue weighted by Crippen LogP contribution is -2.47. The fraction of sp³-hybridized carbons (Fsp3) is 0.143. The smallest absolute Gasteiger partial charge is 0.241 e. The van der Waals surface area contributed by atoms with Crippen molar-refractivity contribution >= 4 is 15.9 Å². The number of rotatable bonds is 8. The van der Waals surface area contributed by atoms with Gasteiger partial charge in [0, 0.05) is 6.20 Å². The topological polar surface area (TPSA) is 88.2 Å². The number of carbonyl (C=O) groups excluding carboxylic acids is 1. The molecule has 0 spiro atoms. The summed E-state index contributed by atoms with van der Waals surface area (Å²) < 4.78 is 41.0. The number of hydrogen-bond donors (Lipinski definition) is 2. The lowest BCUT2D eigenvalue weighted by Gasteiger charge is -2.19. The van der Waals surface area contributed by atoms with Crippen LogP contribution in [0.3, 0.4) is 0 Å².